The first-order valence-electron chi connectivity index (χ1n) is 9.27. The molecule has 0 bridgehead atoms. The zero-order valence-corrected chi connectivity index (χ0v) is 16.6. The van der Waals surface area contributed by atoms with Crippen LogP contribution in [0.15, 0.2) is 120 Å². The van der Waals surface area contributed by atoms with E-state index in [0.29, 0.717) is 0 Å². The minimum absolute atomic E-state index is 0. The van der Waals surface area contributed by atoms with Gasteiger partial charge in [-0.2, -0.15) is 35.4 Å². The van der Waals surface area contributed by atoms with E-state index in [4.69, 9.17) is 5.10 Å². The molecular weight excluding hydrogens is 384 g/mol. The van der Waals surface area contributed by atoms with E-state index < -0.39 is 0 Å². The van der Waals surface area contributed by atoms with Crippen LogP contribution in [0.3, 0.4) is 0 Å². The van der Waals surface area contributed by atoms with Gasteiger partial charge in [-0.3, -0.25) is 5.01 Å². The third-order valence-electron chi connectivity index (χ3n) is 4.67. The van der Waals surface area contributed by atoms with Crippen LogP contribution in [0.2, 0.25) is 0 Å². The maximum absolute atomic E-state index is 4.91. The van der Waals surface area contributed by atoms with Crippen molar-refractivity contribution in [1.82, 2.24) is 0 Å². The maximum Gasteiger partial charge on any atom is 2.00 e. The van der Waals surface area contributed by atoms with Crippen molar-refractivity contribution in [1.29, 1.82) is 0 Å². The molecule has 1 unspecified atom stereocenters. The van der Waals surface area contributed by atoms with Gasteiger partial charge in [-0.25, -0.2) is 24.3 Å². The van der Waals surface area contributed by atoms with Gasteiger partial charge in [-0.1, -0.05) is 48.5 Å². The van der Waals surface area contributed by atoms with Crippen molar-refractivity contribution in [3.05, 3.63) is 126 Å². The molecular formula is C25H22FeN2. The summed E-state index contributed by atoms with van der Waals surface area (Å²) in [4.78, 5) is 0. The second-order valence-electron chi connectivity index (χ2n) is 6.49. The molecule has 5 rings (SSSR count). The van der Waals surface area contributed by atoms with Gasteiger partial charge in [0, 0.05) is 12.1 Å². The fraction of sp³-hybridized carbons (Fsp3) is 0.0800. The fourth-order valence-corrected chi connectivity index (χ4v) is 3.33. The molecule has 1 atom stereocenters. The molecule has 0 aromatic heterocycles. The van der Waals surface area contributed by atoms with Crippen LogP contribution in [-0.4, -0.2) is 5.71 Å². The number of benzene rings is 2. The first-order chi connectivity index (χ1) is 13.4. The van der Waals surface area contributed by atoms with Gasteiger partial charge in [0.15, 0.2) is 0 Å². The molecule has 0 amide bonds. The summed E-state index contributed by atoms with van der Waals surface area (Å²) in [7, 11) is 0. The molecule has 0 fully saturated rings. The predicted octanol–water partition coefficient (Wildman–Crippen LogP) is 6.16. The quantitative estimate of drug-likeness (QED) is 0.294. The Morgan fingerprint density at radius 3 is 1.96 bits per heavy atom. The molecule has 140 valence electrons. The number of rotatable bonds is 3. The van der Waals surface area contributed by atoms with Gasteiger partial charge < -0.3 is 0 Å². The first kappa shape index (κ1) is 19.9. The number of para-hydroxylation sites is 1. The van der Waals surface area contributed by atoms with Crippen molar-refractivity contribution in [2.24, 2.45) is 5.10 Å². The average Bonchev–Trinajstić information content (AvgIpc) is 3.52. The molecule has 1 aliphatic heterocycles. The van der Waals surface area contributed by atoms with Crippen LogP contribution in [0.1, 0.15) is 23.6 Å². The van der Waals surface area contributed by atoms with Crippen molar-refractivity contribution in [2.75, 3.05) is 5.01 Å². The summed E-state index contributed by atoms with van der Waals surface area (Å²) in [5, 5.41) is 7.06. The summed E-state index contributed by atoms with van der Waals surface area (Å²) in [6, 6.07) is 39.7. The SMILES string of the molecule is [Fe+2].c1cc[cH-]c1.c1ccc(C2CC([c-]3cccc3)=NN2c2ccccc2)cc1. The van der Waals surface area contributed by atoms with Gasteiger partial charge in [-0.05, 0) is 17.7 Å². The molecule has 28 heavy (non-hydrogen) atoms. The molecule has 1 heterocycles. The van der Waals surface area contributed by atoms with Gasteiger partial charge in [0.25, 0.3) is 0 Å². The Morgan fingerprint density at radius 1 is 0.786 bits per heavy atom. The summed E-state index contributed by atoms with van der Waals surface area (Å²) < 4.78 is 0. The summed E-state index contributed by atoms with van der Waals surface area (Å²) in [6.45, 7) is 0. The third kappa shape index (κ3) is 4.69. The van der Waals surface area contributed by atoms with E-state index in [2.05, 4.69) is 83.9 Å². The molecule has 0 N–H and O–H groups in total. The number of hydrogen-bond donors (Lipinski definition) is 0. The number of anilines is 1. The summed E-state index contributed by atoms with van der Waals surface area (Å²) in [5.41, 5.74) is 4.82. The van der Waals surface area contributed by atoms with E-state index in [1.165, 1.54) is 11.1 Å². The molecule has 4 aromatic rings. The van der Waals surface area contributed by atoms with Gasteiger partial charge in [0.05, 0.1) is 11.7 Å². The van der Waals surface area contributed by atoms with Gasteiger partial charge >= 0.3 is 17.1 Å². The van der Waals surface area contributed by atoms with Crippen LogP contribution in [-0.2, 0) is 17.1 Å². The van der Waals surface area contributed by atoms with Crippen LogP contribution in [0.25, 0.3) is 0 Å². The van der Waals surface area contributed by atoms with Crippen molar-refractivity contribution in [3.8, 4) is 0 Å². The zero-order valence-electron chi connectivity index (χ0n) is 15.5. The van der Waals surface area contributed by atoms with Gasteiger partial charge in [-0.15, -0.1) is 5.56 Å². The molecule has 1 aliphatic rings. The number of hydrazone groups is 1. The van der Waals surface area contributed by atoms with Gasteiger partial charge in [0.1, 0.15) is 0 Å². The van der Waals surface area contributed by atoms with Crippen molar-refractivity contribution < 1.29 is 17.1 Å². The Morgan fingerprint density at radius 2 is 1.39 bits per heavy atom. The average molecular weight is 406 g/mol. The Hall–Kier alpha value is -2.87. The monoisotopic (exact) mass is 406 g/mol. The second kappa shape index (κ2) is 9.89. The van der Waals surface area contributed by atoms with Crippen LogP contribution < -0.4 is 5.01 Å². The fourth-order valence-electron chi connectivity index (χ4n) is 3.33. The summed E-state index contributed by atoms with van der Waals surface area (Å²) in [5.74, 6) is 0. The minimum Gasteiger partial charge on any atom is -0.258 e. The predicted molar refractivity (Wildman–Crippen MR) is 113 cm³/mol. The standard InChI is InChI=1S/C20H17N2.C5H5.Fe/c1-3-11-17(12-4-1)20-15-19(16-9-7-8-10-16)21-22(20)18-13-5-2-6-14-18;1-2-4-5-3-1;/h1-14,20H,15H2;1-5H;/q2*-1;+2. The molecule has 3 heteroatoms. The van der Waals surface area contributed by atoms with Crippen molar-refractivity contribution in [3.63, 3.8) is 0 Å². The van der Waals surface area contributed by atoms with Crippen LogP contribution in [0.5, 0.6) is 0 Å². The zero-order chi connectivity index (χ0) is 18.3. The molecule has 0 aliphatic carbocycles. The topological polar surface area (TPSA) is 15.6 Å². The smallest absolute Gasteiger partial charge is 0.258 e. The van der Waals surface area contributed by atoms with E-state index in [-0.39, 0.29) is 23.1 Å². The Balaban J connectivity index is 0.000000329. The molecule has 4 aromatic carbocycles. The van der Waals surface area contributed by atoms with Crippen LogP contribution in [0.4, 0.5) is 5.69 Å². The number of nitrogens with zero attached hydrogens (tertiary/aromatic N) is 2. The van der Waals surface area contributed by atoms with E-state index in [9.17, 15) is 0 Å². The maximum atomic E-state index is 4.91. The molecule has 0 saturated carbocycles. The first-order valence-corrected chi connectivity index (χ1v) is 9.27. The molecule has 2 nitrogen and oxygen atoms in total. The summed E-state index contributed by atoms with van der Waals surface area (Å²) >= 11 is 0. The largest absolute Gasteiger partial charge is 2.00 e. The van der Waals surface area contributed by atoms with Crippen molar-refractivity contribution in [2.45, 2.75) is 12.5 Å². The van der Waals surface area contributed by atoms with Crippen LogP contribution >= 0.6 is 0 Å². The summed E-state index contributed by atoms with van der Waals surface area (Å²) in [6.07, 6.45) is 0.933. The van der Waals surface area contributed by atoms with Crippen LogP contribution in [0, 0.1) is 0 Å². The normalized spacial score (nSPS) is 15.2. The molecule has 0 saturated heterocycles. The third-order valence-corrected chi connectivity index (χ3v) is 4.67. The van der Waals surface area contributed by atoms with Gasteiger partial charge in [0.2, 0.25) is 0 Å². The van der Waals surface area contributed by atoms with E-state index >= 15 is 0 Å². The number of hydrogen-bond acceptors (Lipinski definition) is 2. The van der Waals surface area contributed by atoms with Crippen molar-refractivity contribution >= 4 is 11.4 Å². The van der Waals surface area contributed by atoms with E-state index in [1.807, 2.05) is 36.4 Å². The Labute approximate surface area is 177 Å². The molecule has 0 spiro atoms. The van der Waals surface area contributed by atoms with E-state index in [0.717, 1.165) is 17.8 Å². The Kier molecular flexibility index (Phi) is 7.02. The Bertz CT molecular complexity index is 925. The molecule has 0 radical (unpaired) electrons. The second-order valence-corrected chi connectivity index (χ2v) is 6.49. The minimum atomic E-state index is 0. The van der Waals surface area contributed by atoms with E-state index in [1.54, 1.807) is 0 Å².